The predicted octanol–water partition coefficient (Wildman–Crippen LogP) is 2.78. The summed E-state index contributed by atoms with van der Waals surface area (Å²) in [6, 6.07) is 5.45. The number of ketones is 1. The second-order valence-electron chi connectivity index (χ2n) is 6.30. The molecule has 0 aromatic heterocycles. The summed E-state index contributed by atoms with van der Waals surface area (Å²) in [6.07, 6.45) is 0.0797. The molecule has 0 bridgehead atoms. The van der Waals surface area contributed by atoms with Crippen molar-refractivity contribution in [2.75, 3.05) is 32.8 Å². The number of carbonyl (C=O) groups excluding carboxylic acids is 1. The number of rotatable bonds is 7. The molecule has 23 heavy (non-hydrogen) atoms. The third-order valence-corrected chi connectivity index (χ3v) is 3.46. The molecule has 0 saturated carbocycles. The zero-order chi connectivity index (χ0) is 16.8. The van der Waals surface area contributed by atoms with Crippen LogP contribution in [-0.2, 0) is 4.74 Å². The van der Waals surface area contributed by atoms with Crippen LogP contribution in [0.4, 0.5) is 0 Å². The van der Waals surface area contributed by atoms with E-state index in [1.807, 2.05) is 39.8 Å². The van der Waals surface area contributed by atoms with Crippen LogP contribution in [0.5, 0.6) is 11.5 Å². The van der Waals surface area contributed by atoms with E-state index in [0.717, 1.165) is 18.8 Å². The van der Waals surface area contributed by atoms with Crippen LogP contribution in [0.1, 0.15) is 38.1 Å². The Morgan fingerprint density at radius 2 is 1.78 bits per heavy atom. The Hall–Kier alpha value is -1.59. The third kappa shape index (κ3) is 5.52. The van der Waals surface area contributed by atoms with Crippen LogP contribution < -0.4 is 9.47 Å². The van der Waals surface area contributed by atoms with Crippen molar-refractivity contribution in [3.05, 3.63) is 23.8 Å². The molecular formula is C18H27NO4. The van der Waals surface area contributed by atoms with Crippen LogP contribution in [0.15, 0.2) is 18.2 Å². The van der Waals surface area contributed by atoms with Gasteiger partial charge in [-0.05, 0) is 39.8 Å². The first kappa shape index (κ1) is 17.8. The molecule has 0 radical (unpaired) electrons. The average molecular weight is 321 g/mol. The number of morpholine rings is 1. The van der Waals surface area contributed by atoms with Gasteiger partial charge in [0.05, 0.1) is 37.5 Å². The molecule has 0 atom stereocenters. The molecule has 0 spiro atoms. The van der Waals surface area contributed by atoms with E-state index < -0.39 is 0 Å². The lowest BCUT2D eigenvalue weighted by molar-refractivity contribution is 0.0370. The summed E-state index contributed by atoms with van der Waals surface area (Å²) in [5, 5.41) is 0. The van der Waals surface area contributed by atoms with Gasteiger partial charge in [-0.1, -0.05) is 0 Å². The zero-order valence-electron chi connectivity index (χ0n) is 14.5. The Morgan fingerprint density at radius 3 is 2.39 bits per heavy atom. The molecule has 1 saturated heterocycles. The molecule has 5 heteroatoms. The van der Waals surface area contributed by atoms with Crippen molar-refractivity contribution in [3.63, 3.8) is 0 Å². The summed E-state index contributed by atoms with van der Waals surface area (Å²) >= 11 is 0. The highest BCUT2D eigenvalue weighted by molar-refractivity contribution is 6.00. The lowest BCUT2D eigenvalue weighted by Gasteiger charge is -2.26. The van der Waals surface area contributed by atoms with E-state index in [9.17, 15) is 4.79 Å². The van der Waals surface area contributed by atoms with Crippen molar-refractivity contribution in [3.8, 4) is 11.5 Å². The molecule has 1 heterocycles. The van der Waals surface area contributed by atoms with Crippen LogP contribution in [0.25, 0.3) is 0 Å². The summed E-state index contributed by atoms with van der Waals surface area (Å²) in [5.41, 5.74) is 0.612. The van der Waals surface area contributed by atoms with Crippen LogP contribution in [0, 0.1) is 0 Å². The van der Waals surface area contributed by atoms with Crippen LogP contribution in [0.2, 0.25) is 0 Å². The van der Waals surface area contributed by atoms with E-state index in [1.165, 1.54) is 0 Å². The van der Waals surface area contributed by atoms with Gasteiger partial charge >= 0.3 is 0 Å². The first-order valence-corrected chi connectivity index (χ1v) is 8.26. The highest BCUT2D eigenvalue weighted by Crippen LogP contribution is 2.27. The van der Waals surface area contributed by atoms with Crippen molar-refractivity contribution < 1.29 is 19.0 Å². The fraction of sp³-hybridized carbons (Fsp3) is 0.611. The average Bonchev–Trinajstić information content (AvgIpc) is 2.47. The minimum atomic E-state index is -0.000707. The number of hydrogen-bond acceptors (Lipinski definition) is 5. The van der Waals surface area contributed by atoms with Gasteiger partial charge in [0.15, 0.2) is 5.78 Å². The lowest BCUT2D eigenvalue weighted by atomic mass is 10.1. The summed E-state index contributed by atoms with van der Waals surface area (Å²) in [5.74, 6) is 1.38. The summed E-state index contributed by atoms with van der Waals surface area (Å²) in [6.45, 7) is 11.2. The van der Waals surface area contributed by atoms with E-state index in [1.54, 1.807) is 6.07 Å². The van der Waals surface area contributed by atoms with Crippen molar-refractivity contribution in [2.45, 2.75) is 39.9 Å². The zero-order valence-corrected chi connectivity index (χ0v) is 14.5. The molecule has 0 amide bonds. The van der Waals surface area contributed by atoms with Crippen LogP contribution >= 0.6 is 0 Å². The second-order valence-corrected chi connectivity index (χ2v) is 6.30. The van der Waals surface area contributed by atoms with Gasteiger partial charge in [-0.25, -0.2) is 0 Å². The first-order chi connectivity index (χ1) is 11.0. The monoisotopic (exact) mass is 321 g/mol. The lowest BCUT2D eigenvalue weighted by Crippen LogP contribution is -2.39. The predicted molar refractivity (Wildman–Crippen MR) is 89.6 cm³/mol. The molecule has 1 aromatic carbocycles. The molecule has 1 aromatic rings. The highest BCUT2D eigenvalue weighted by Gasteiger charge is 2.19. The molecule has 2 rings (SSSR count). The molecule has 0 N–H and O–H groups in total. The number of carbonyl (C=O) groups is 1. The minimum absolute atomic E-state index is 0.000707. The SMILES string of the molecule is CC(C)Oc1ccc(C(=O)CN2CCOCC2)c(OC(C)C)c1. The smallest absolute Gasteiger partial charge is 0.180 e. The van der Waals surface area contributed by atoms with Crippen molar-refractivity contribution >= 4 is 5.78 Å². The fourth-order valence-corrected chi connectivity index (χ4v) is 2.48. The number of ether oxygens (including phenoxy) is 3. The van der Waals surface area contributed by atoms with Gasteiger partial charge in [-0.2, -0.15) is 0 Å². The van der Waals surface area contributed by atoms with E-state index >= 15 is 0 Å². The van der Waals surface area contributed by atoms with E-state index in [-0.39, 0.29) is 18.0 Å². The Morgan fingerprint density at radius 1 is 1.13 bits per heavy atom. The maximum atomic E-state index is 12.6. The molecule has 5 nitrogen and oxygen atoms in total. The fourth-order valence-electron chi connectivity index (χ4n) is 2.48. The van der Waals surface area contributed by atoms with E-state index in [0.29, 0.717) is 31.1 Å². The quantitative estimate of drug-likeness (QED) is 0.723. The van der Waals surface area contributed by atoms with Crippen LogP contribution in [-0.4, -0.2) is 55.7 Å². The molecule has 0 aliphatic carbocycles. The summed E-state index contributed by atoms with van der Waals surface area (Å²) in [4.78, 5) is 14.8. The van der Waals surface area contributed by atoms with Gasteiger partial charge in [0.1, 0.15) is 11.5 Å². The van der Waals surface area contributed by atoms with Gasteiger partial charge in [0, 0.05) is 19.2 Å². The maximum Gasteiger partial charge on any atom is 0.180 e. The van der Waals surface area contributed by atoms with E-state index in [2.05, 4.69) is 4.90 Å². The Kier molecular flexibility index (Phi) is 6.42. The second kappa shape index (κ2) is 8.31. The van der Waals surface area contributed by atoms with Gasteiger partial charge in [0.25, 0.3) is 0 Å². The minimum Gasteiger partial charge on any atom is -0.491 e. The topological polar surface area (TPSA) is 48.0 Å². The van der Waals surface area contributed by atoms with Crippen molar-refractivity contribution in [2.24, 2.45) is 0 Å². The van der Waals surface area contributed by atoms with Crippen molar-refractivity contribution in [1.29, 1.82) is 0 Å². The third-order valence-electron chi connectivity index (χ3n) is 3.46. The number of hydrogen-bond donors (Lipinski definition) is 0. The Bertz CT molecular complexity index is 522. The molecular weight excluding hydrogens is 294 g/mol. The van der Waals surface area contributed by atoms with E-state index in [4.69, 9.17) is 14.2 Å². The number of nitrogens with zero attached hydrogens (tertiary/aromatic N) is 1. The van der Waals surface area contributed by atoms with Gasteiger partial charge in [0.2, 0.25) is 0 Å². The van der Waals surface area contributed by atoms with Gasteiger partial charge in [-0.15, -0.1) is 0 Å². The molecule has 0 unspecified atom stereocenters. The summed E-state index contributed by atoms with van der Waals surface area (Å²) < 4.78 is 16.9. The normalized spacial score (nSPS) is 15.9. The van der Waals surface area contributed by atoms with Gasteiger partial charge < -0.3 is 14.2 Å². The number of Topliss-reactive ketones (excluding diaryl/α,β-unsaturated/α-hetero) is 1. The largest absolute Gasteiger partial charge is 0.491 e. The first-order valence-electron chi connectivity index (χ1n) is 8.26. The van der Waals surface area contributed by atoms with Crippen LogP contribution in [0.3, 0.4) is 0 Å². The Balaban J connectivity index is 2.15. The molecule has 1 aliphatic heterocycles. The maximum absolute atomic E-state index is 12.6. The van der Waals surface area contributed by atoms with Gasteiger partial charge in [-0.3, -0.25) is 9.69 Å². The van der Waals surface area contributed by atoms with Crippen molar-refractivity contribution in [1.82, 2.24) is 4.90 Å². The number of benzene rings is 1. The molecule has 1 aliphatic rings. The molecule has 128 valence electrons. The standard InChI is InChI=1S/C18H27NO4/c1-13(2)22-15-5-6-16(18(11-15)23-14(3)4)17(20)12-19-7-9-21-10-8-19/h5-6,11,13-14H,7-10,12H2,1-4H3. The summed E-state index contributed by atoms with van der Waals surface area (Å²) in [7, 11) is 0. The molecule has 1 fully saturated rings. The Labute approximate surface area is 138 Å². The highest BCUT2D eigenvalue weighted by atomic mass is 16.5.